The normalized spacial score (nSPS) is 30.2. The fourth-order valence-electron chi connectivity index (χ4n) is 3.11. The van der Waals surface area contributed by atoms with Crippen molar-refractivity contribution in [1.29, 1.82) is 0 Å². The standard InChI is InChI=1S/C15H23N3O2/c1-10-11-5-3-4-6-12(11)17-14(16-10)18-8-7-15(2,20)13(19)9-18/h13,19-20H,3-9H2,1-2H3/t13-,15-/m0/s1. The molecule has 20 heavy (non-hydrogen) atoms. The second-order valence-electron chi connectivity index (χ2n) is 6.31. The summed E-state index contributed by atoms with van der Waals surface area (Å²) in [4.78, 5) is 11.3. The van der Waals surface area contributed by atoms with E-state index in [4.69, 9.17) is 4.98 Å². The summed E-state index contributed by atoms with van der Waals surface area (Å²) >= 11 is 0. The van der Waals surface area contributed by atoms with Crippen LogP contribution in [0.5, 0.6) is 0 Å². The number of hydrogen-bond acceptors (Lipinski definition) is 5. The molecule has 1 aliphatic carbocycles. The molecule has 0 unspecified atom stereocenters. The Morgan fingerprint density at radius 2 is 2.00 bits per heavy atom. The molecule has 0 radical (unpaired) electrons. The number of nitrogens with zero attached hydrogens (tertiary/aromatic N) is 3. The lowest BCUT2D eigenvalue weighted by Crippen LogP contribution is -2.54. The summed E-state index contributed by atoms with van der Waals surface area (Å²) in [6.07, 6.45) is 4.31. The summed E-state index contributed by atoms with van der Waals surface area (Å²) in [7, 11) is 0. The Kier molecular flexibility index (Phi) is 3.42. The van der Waals surface area contributed by atoms with Crippen LogP contribution in [0.2, 0.25) is 0 Å². The Balaban J connectivity index is 1.86. The molecule has 1 aliphatic heterocycles. The topological polar surface area (TPSA) is 69.5 Å². The van der Waals surface area contributed by atoms with E-state index < -0.39 is 11.7 Å². The minimum atomic E-state index is -1.00. The van der Waals surface area contributed by atoms with E-state index in [0.717, 1.165) is 18.5 Å². The van der Waals surface area contributed by atoms with Crippen LogP contribution < -0.4 is 4.90 Å². The van der Waals surface area contributed by atoms with E-state index in [2.05, 4.69) is 4.98 Å². The summed E-state index contributed by atoms with van der Waals surface area (Å²) in [5.74, 6) is 0.706. The molecule has 5 nitrogen and oxygen atoms in total. The Hall–Kier alpha value is -1.20. The molecule has 0 saturated carbocycles. The zero-order valence-electron chi connectivity index (χ0n) is 12.3. The van der Waals surface area contributed by atoms with Gasteiger partial charge in [-0.15, -0.1) is 0 Å². The largest absolute Gasteiger partial charge is 0.388 e. The lowest BCUT2D eigenvalue weighted by atomic mass is 9.91. The Bertz CT molecular complexity index is 516. The number of β-amino-alcohol motifs (C(OH)–C–C–N with tert-alkyl or cyclic N) is 1. The molecule has 0 bridgehead atoms. The highest BCUT2D eigenvalue weighted by atomic mass is 16.3. The third-order valence-corrected chi connectivity index (χ3v) is 4.66. The highest BCUT2D eigenvalue weighted by Gasteiger charge is 2.37. The quantitative estimate of drug-likeness (QED) is 0.801. The zero-order chi connectivity index (χ0) is 14.3. The summed E-state index contributed by atoms with van der Waals surface area (Å²) in [6.45, 7) is 4.81. The SMILES string of the molecule is Cc1nc(N2CC[C@](C)(O)[C@@H](O)C2)nc2c1CCCC2. The van der Waals surface area contributed by atoms with Crippen molar-refractivity contribution in [3.8, 4) is 0 Å². The van der Waals surface area contributed by atoms with Crippen molar-refractivity contribution in [1.82, 2.24) is 9.97 Å². The van der Waals surface area contributed by atoms with Crippen LogP contribution in [0.15, 0.2) is 0 Å². The first-order valence-electron chi connectivity index (χ1n) is 7.49. The molecule has 110 valence electrons. The van der Waals surface area contributed by atoms with Crippen LogP contribution in [0.3, 0.4) is 0 Å². The van der Waals surface area contributed by atoms with E-state index in [1.807, 2.05) is 11.8 Å². The Morgan fingerprint density at radius 3 is 2.75 bits per heavy atom. The van der Waals surface area contributed by atoms with Gasteiger partial charge in [0.15, 0.2) is 0 Å². The highest BCUT2D eigenvalue weighted by molar-refractivity contribution is 5.39. The molecule has 1 aromatic heterocycles. The van der Waals surface area contributed by atoms with Crippen molar-refractivity contribution in [3.05, 3.63) is 17.0 Å². The van der Waals surface area contributed by atoms with Crippen LogP contribution in [0.1, 0.15) is 43.1 Å². The zero-order valence-corrected chi connectivity index (χ0v) is 12.3. The van der Waals surface area contributed by atoms with Crippen LogP contribution in [-0.4, -0.2) is 45.0 Å². The third-order valence-electron chi connectivity index (χ3n) is 4.66. The lowest BCUT2D eigenvalue weighted by Gasteiger charge is -2.40. The van der Waals surface area contributed by atoms with E-state index in [-0.39, 0.29) is 0 Å². The Morgan fingerprint density at radius 1 is 1.25 bits per heavy atom. The number of aryl methyl sites for hydroxylation is 2. The molecule has 1 fully saturated rings. The number of aliphatic hydroxyl groups is 2. The van der Waals surface area contributed by atoms with Crippen molar-refractivity contribution in [2.75, 3.05) is 18.0 Å². The molecular formula is C15H23N3O2. The average molecular weight is 277 g/mol. The highest BCUT2D eigenvalue weighted by Crippen LogP contribution is 2.27. The number of fused-ring (bicyclic) bond motifs is 1. The van der Waals surface area contributed by atoms with Gasteiger partial charge in [0.2, 0.25) is 5.95 Å². The predicted molar refractivity (Wildman–Crippen MR) is 76.9 cm³/mol. The molecule has 1 saturated heterocycles. The molecule has 0 aromatic carbocycles. The van der Waals surface area contributed by atoms with Crippen molar-refractivity contribution < 1.29 is 10.2 Å². The molecule has 5 heteroatoms. The number of aliphatic hydroxyl groups excluding tert-OH is 1. The molecule has 2 heterocycles. The summed E-state index contributed by atoms with van der Waals surface area (Å²) in [5, 5.41) is 20.1. The summed E-state index contributed by atoms with van der Waals surface area (Å²) in [6, 6.07) is 0. The van der Waals surface area contributed by atoms with E-state index in [1.54, 1.807) is 6.92 Å². The molecule has 1 aromatic rings. The van der Waals surface area contributed by atoms with Gasteiger partial charge in [0.25, 0.3) is 0 Å². The smallest absolute Gasteiger partial charge is 0.225 e. The van der Waals surface area contributed by atoms with E-state index in [1.165, 1.54) is 24.1 Å². The van der Waals surface area contributed by atoms with Crippen molar-refractivity contribution in [2.24, 2.45) is 0 Å². The predicted octanol–water partition coefficient (Wildman–Crippen LogP) is 0.986. The van der Waals surface area contributed by atoms with Gasteiger partial charge < -0.3 is 15.1 Å². The minimum absolute atomic E-state index is 0.394. The number of anilines is 1. The van der Waals surface area contributed by atoms with Gasteiger partial charge >= 0.3 is 0 Å². The summed E-state index contributed by atoms with van der Waals surface area (Å²) in [5.41, 5.74) is 2.55. The monoisotopic (exact) mass is 277 g/mol. The van der Waals surface area contributed by atoms with Gasteiger partial charge in [-0.25, -0.2) is 9.97 Å². The first kappa shape index (κ1) is 13.8. The molecule has 0 spiro atoms. The maximum Gasteiger partial charge on any atom is 0.225 e. The van der Waals surface area contributed by atoms with Gasteiger partial charge in [-0.3, -0.25) is 0 Å². The van der Waals surface area contributed by atoms with Crippen molar-refractivity contribution in [3.63, 3.8) is 0 Å². The number of rotatable bonds is 1. The molecule has 0 amide bonds. The van der Waals surface area contributed by atoms with Crippen LogP contribution >= 0.6 is 0 Å². The van der Waals surface area contributed by atoms with E-state index in [0.29, 0.717) is 25.5 Å². The second kappa shape index (κ2) is 4.97. The van der Waals surface area contributed by atoms with Crippen LogP contribution in [0, 0.1) is 6.92 Å². The summed E-state index contributed by atoms with van der Waals surface area (Å²) < 4.78 is 0. The molecule has 2 N–H and O–H groups in total. The fourth-order valence-corrected chi connectivity index (χ4v) is 3.11. The van der Waals surface area contributed by atoms with Gasteiger partial charge in [0, 0.05) is 24.5 Å². The fraction of sp³-hybridized carbons (Fsp3) is 0.733. The number of piperidine rings is 1. The third kappa shape index (κ3) is 2.40. The maximum atomic E-state index is 10.0. The minimum Gasteiger partial charge on any atom is -0.388 e. The number of aromatic nitrogens is 2. The van der Waals surface area contributed by atoms with Gasteiger partial charge in [-0.1, -0.05) is 0 Å². The molecular weight excluding hydrogens is 254 g/mol. The van der Waals surface area contributed by atoms with Gasteiger partial charge in [-0.05, 0) is 51.5 Å². The molecule has 2 atom stereocenters. The molecule has 3 rings (SSSR count). The van der Waals surface area contributed by atoms with Crippen LogP contribution in [0.25, 0.3) is 0 Å². The van der Waals surface area contributed by atoms with Gasteiger partial charge in [0.05, 0.1) is 11.7 Å². The maximum absolute atomic E-state index is 10.0. The van der Waals surface area contributed by atoms with E-state index in [9.17, 15) is 10.2 Å². The molecule has 2 aliphatic rings. The van der Waals surface area contributed by atoms with Crippen molar-refractivity contribution in [2.45, 2.75) is 57.7 Å². The van der Waals surface area contributed by atoms with Gasteiger partial charge in [0.1, 0.15) is 0 Å². The van der Waals surface area contributed by atoms with E-state index >= 15 is 0 Å². The lowest BCUT2D eigenvalue weighted by molar-refractivity contribution is -0.0724. The van der Waals surface area contributed by atoms with Crippen molar-refractivity contribution >= 4 is 5.95 Å². The second-order valence-corrected chi connectivity index (χ2v) is 6.31. The van der Waals surface area contributed by atoms with Crippen LogP contribution in [0.4, 0.5) is 5.95 Å². The van der Waals surface area contributed by atoms with Gasteiger partial charge in [-0.2, -0.15) is 0 Å². The average Bonchev–Trinajstić information content (AvgIpc) is 2.42. The van der Waals surface area contributed by atoms with Crippen LogP contribution in [-0.2, 0) is 12.8 Å². The first-order valence-corrected chi connectivity index (χ1v) is 7.49. The Labute approximate surface area is 119 Å². The number of hydrogen-bond donors (Lipinski definition) is 2. The first-order chi connectivity index (χ1) is 9.47.